The summed E-state index contributed by atoms with van der Waals surface area (Å²) in [6.45, 7) is 2.43. The monoisotopic (exact) mass is 370 g/mol. The van der Waals surface area contributed by atoms with Crippen molar-refractivity contribution < 1.29 is 4.79 Å². The van der Waals surface area contributed by atoms with E-state index in [1.165, 1.54) is 0 Å². The van der Waals surface area contributed by atoms with Gasteiger partial charge >= 0.3 is 0 Å². The number of para-hydroxylation sites is 1. The number of aryl methyl sites for hydroxylation is 1. The Kier molecular flexibility index (Phi) is 6.58. The highest BCUT2D eigenvalue weighted by atomic mass is 35.5. The number of nitrogens with one attached hydrogen (secondary N) is 2. The molecule has 2 aromatic carbocycles. The average molecular weight is 372 g/mol. The van der Waals surface area contributed by atoms with Gasteiger partial charge in [0.15, 0.2) is 0 Å². The molecule has 0 saturated heterocycles. The lowest BCUT2D eigenvalue weighted by molar-refractivity contribution is 0.0954. The highest BCUT2D eigenvalue weighted by Crippen LogP contribution is 2.35. The number of benzene rings is 2. The zero-order chi connectivity index (χ0) is 16.8. The first-order valence-electron chi connectivity index (χ1n) is 7.19. The van der Waals surface area contributed by atoms with Crippen LogP contribution in [0.25, 0.3) is 0 Å². The van der Waals surface area contributed by atoms with Gasteiger partial charge in [-0.25, -0.2) is 0 Å². The fourth-order valence-electron chi connectivity index (χ4n) is 2.06. The fourth-order valence-corrected chi connectivity index (χ4v) is 2.66. The topological polar surface area (TPSA) is 41.1 Å². The van der Waals surface area contributed by atoms with Gasteiger partial charge < -0.3 is 10.6 Å². The van der Waals surface area contributed by atoms with Gasteiger partial charge in [-0.15, -0.1) is 11.6 Å². The molecule has 0 fully saturated rings. The van der Waals surface area contributed by atoms with Crippen LogP contribution in [0.5, 0.6) is 0 Å². The first kappa shape index (κ1) is 17.9. The molecular weight excluding hydrogens is 355 g/mol. The van der Waals surface area contributed by atoms with Gasteiger partial charge in [0.25, 0.3) is 5.91 Å². The Hall–Kier alpha value is -1.42. The molecule has 2 aromatic rings. The van der Waals surface area contributed by atoms with Crippen LogP contribution in [0.2, 0.25) is 10.0 Å². The Labute approximate surface area is 150 Å². The molecule has 23 heavy (non-hydrogen) atoms. The maximum absolute atomic E-state index is 12.3. The van der Waals surface area contributed by atoms with E-state index in [0.717, 1.165) is 12.0 Å². The van der Waals surface area contributed by atoms with Crippen LogP contribution in [-0.2, 0) is 0 Å². The predicted octanol–water partition coefficient (Wildman–Crippen LogP) is 5.40. The summed E-state index contributed by atoms with van der Waals surface area (Å²) in [4.78, 5) is 12.3. The molecule has 122 valence electrons. The predicted molar refractivity (Wildman–Crippen MR) is 98.6 cm³/mol. The van der Waals surface area contributed by atoms with E-state index in [9.17, 15) is 4.79 Å². The number of halogens is 3. The SMILES string of the molecule is Cc1ccc(Cl)c(Nc2ccccc2C(=O)NCCCCl)c1Cl. The summed E-state index contributed by atoms with van der Waals surface area (Å²) < 4.78 is 0. The molecule has 3 nitrogen and oxygen atoms in total. The van der Waals surface area contributed by atoms with E-state index in [4.69, 9.17) is 34.8 Å². The van der Waals surface area contributed by atoms with Crippen LogP contribution >= 0.6 is 34.8 Å². The van der Waals surface area contributed by atoms with Crippen LogP contribution in [0.4, 0.5) is 11.4 Å². The van der Waals surface area contributed by atoms with Crippen LogP contribution in [0.3, 0.4) is 0 Å². The van der Waals surface area contributed by atoms with Crippen molar-refractivity contribution in [1.82, 2.24) is 5.32 Å². The van der Waals surface area contributed by atoms with Crippen molar-refractivity contribution in [1.29, 1.82) is 0 Å². The Balaban J connectivity index is 2.28. The summed E-state index contributed by atoms with van der Waals surface area (Å²) in [6.07, 6.45) is 0.721. The largest absolute Gasteiger partial charge is 0.352 e. The van der Waals surface area contributed by atoms with Gasteiger partial charge in [-0.05, 0) is 37.1 Å². The fraction of sp³-hybridized carbons (Fsp3) is 0.235. The van der Waals surface area contributed by atoms with Crippen molar-refractivity contribution in [3.8, 4) is 0 Å². The molecule has 0 radical (unpaired) electrons. The molecule has 2 rings (SSSR count). The second-order valence-electron chi connectivity index (χ2n) is 5.02. The van der Waals surface area contributed by atoms with Crippen LogP contribution in [0, 0.1) is 6.92 Å². The van der Waals surface area contributed by atoms with E-state index in [1.807, 2.05) is 25.1 Å². The molecule has 0 spiro atoms. The lowest BCUT2D eigenvalue weighted by Crippen LogP contribution is -2.25. The van der Waals surface area contributed by atoms with E-state index in [1.54, 1.807) is 18.2 Å². The van der Waals surface area contributed by atoms with Gasteiger partial charge in [0.05, 0.1) is 27.0 Å². The number of hydrogen-bond acceptors (Lipinski definition) is 2. The lowest BCUT2D eigenvalue weighted by atomic mass is 10.1. The first-order chi connectivity index (χ1) is 11.0. The normalized spacial score (nSPS) is 10.4. The maximum atomic E-state index is 12.3. The van der Waals surface area contributed by atoms with Crippen molar-refractivity contribution >= 4 is 52.1 Å². The molecule has 6 heteroatoms. The molecule has 0 aliphatic heterocycles. The third-order valence-electron chi connectivity index (χ3n) is 3.31. The van der Waals surface area contributed by atoms with E-state index in [0.29, 0.717) is 39.4 Å². The molecule has 0 unspecified atom stereocenters. The standard InChI is InChI=1S/C17H17Cl3N2O/c1-11-7-8-13(19)16(15(11)20)22-14-6-3-2-5-12(14)17(23)21-10-4-9-18/h2-3,5-8,22H,4,9-10H2,1H3,(H,21,23). The molecule has 1 amide bonds. The average Bonchev–Trinajstić information content (AvgIpc) is 2.55. The molecule has 0 heterocycles. The van der Waals surface area contributed by atoms with E-state index in [-0.39, 0.29) is 5.91 Å². The molecule has 0 aromatic heterocycles. The minimum absolute atomic E-state index is 0.168. The third-order valence-corrected chi connectivity index (χ3v) is 4.38. The zero-order valence-corrected chi connectivity index (χ0v) is 14.9. The Bertz CT molecular complexity index is 704. The van der Waals surface area contributed by atoms with Crippen molar-refractivity contribution in [2.45, 2.75) is 13.3 Å². The summed E-state index contributed by atoms with van der Waals surface area (Å²) in [7, 11) is 0. The molecule has 0 aliphatic rings. The van der Waals surface area contributed by atoms with Gasteiger partial charge in [-0.3, -0.25) is 4.79 Å². The molecule has 0 saturated carbocycles. The number of hydrogen-bond donors (Lipinski definition) is 2. The van der Waals surface area contributed by atoms with Crippen LogP contribution in [0.15, 0.2) is 36.4 Å². The second-order valence-corrected chi connectivity index (χ2v) is 6.19. The quantitative estimate of drug-likeness (QED) is 0.527. The lowest BCUT2D eigenvalue weighted by Gasteiger charge is -2.15. The molecular formula is C17H17Cl3N2O. The van der Waals surface area contributed by atoms with Gasteiger partial charge in [0, 0.05) is 12.4 Å². The van der Waals surface area contributed by atoms with E-state index in [2.05, 4.69) is 10.6 Å². The third kappa shape index (κ3) is 4.54. The molecule has 0 atom stereocenters. The minimum Gasteiger partial charge on any atom is -0.352 e. The summed E-state index contributed by atoms with van der Waals surface area (Å²) in [5.41, 5.74) is 2.66. The zero-order valence-electron chi connectivity index (χ0n) is 12.6. The number of alkyl halides is 1. The van der Waals surface area contributed by atoms with Crippen molar-refractivity contribution in [3.63, 3.8) is 0 Å². The summed E-state index contributed by atoms with van der Waals surface area (Å²) in [6, 6.07) is 10.8. The number of rotatable bonds is 6. The number of anilines is 2. The van der Waals surface area contributed by atoms with Crippen molar-refractivity contribution in [3.05, 3.63) is 57.6 Å². The Morgan fingerprint density at radius 3 is 2.61 bits per heavy atom. The van der Waals surface area contributed by atoms with Gasteiger partial charge in [-0.1, -0.05) is 41.4 Å². The molecule has 2 N–H and O–H groups in total. The van der Waals surface area contributed by atoms with Crippen molar-refractivity contribution in [2.24, 2.45) is 0 Å². The summed E-state index contributed by atoms with van der Waals surface area (Å²) in [5, 5.41) is 7.04. The van der Waals surface area contributed by atoms with Crippen LogP contribution in [0.1, 0.15) is 22.3 Å². The number of carbonyl (C=O) groups excluding carboxylic acids is 1. The number of amides is 1. The van der Waals surface area contributed by atoms with Gasteiger partial charge in [0.1, 0.15) is 0 Å². The summed E-state index contributed by atoms with van der Waals surface area (Å²) >= 11 is 18.2. The maximum Gasteiger partial charge on any atom is 0.253 e. The van der Waals surface area contributed by atoms with E-state index < -0.39 is 0 Å². The first-order valence-corrected chi connectivity index (χ1v) is 8.48. The van der Waals surface area contributed by atoms with Gasteiger partial charge in [0.2, 0.25) is 0 Å². The summed E-state index contributed by atoms with van der Waals surface area (Å²) in [5.74, 6) is 0.340. The van der Waals surface area contributed by atoms with Gasteiger partial charge in [-0.2, -0.15) is 0 Å². The second kappa shape index (κ2) is 8.44. The molecule has 0 aliphatic carbocycles. The number of carbonyl (C=O) groups is 1. The Morgan fingerprint density at radius 1 is 1.13 bits per heavy atom. The molecule has 0 bridgehead atoms. The van der Waals surface area contributed by atoms with Crippen LogP contribution in [-0.4, -0.2) is 18.3 Å². The minimum atomic E-state index is -0.168. The highest BCUT2D eigenvalue weighted by molar-refractivity contribution is 6.39. The van der Waals surface area contributed by atoms with E-state index >= 15 is 0 Å². The van der Waals surface area contributed by atoms with Crippen LogP contribution < -0.4 is 10.6 Å². The Morgan fingerprint density at radius 2 is 1.87 bits per heavy atom. The highest BCUT2D eigenvalue weighted by Gasteiger charge is 2.14. The smallest absolute Gasteiger partial charge is 0.253 e. The van der Waals surface area contributed by atoms with Crippen molar-refractivity contribution in [2.75, 3.05) is 17.7 Å².